The number of aliphatic hydroxyl groups excluding tert-OH is 1. The normalized spacial score (nSPS) is 13.2. The maximum absolute atomic E-state index is 8.89. The van der Waals surface area contributed by atoms with Crippen LogP contribution in [0.5, 0.6) is 0 Å². The SMILES string of the molecule is CC(C)CCc1c(CN)nnn1C(C)CCCO. The number of rotatable bonds is 8. The van der Waals surface area contributed by atoms with Crippen molar-refractivity contribution in [2.45, 2.75) is 59.0 Å². The number of nitrogens with two attached hydrogens (primary N) is 1. The zero-order valence-corrected chi connectivity index (χ0v) is 11.8. The van der Waals surface area contributed by atoms with Gasteiger partial charge in [0.15, 0.2) is 0 Å². The summed E-state index contributed by atoms with van der Waals surface area (Å²) in [7, 11) is 0. The molecule has 0 aliphatic carbocycles. The lowest BCUT2D eigenvalue weighted by atomic mass is 10.0. The molecule has 1 atom stereocenters. The second-order valence-corrected chi connectivity index (χ2v) is 5.28. The van der Waals surface area contributed by atoms with E-state index in [0.29, 0.717) is 12.5 Å². The van der Waals surface area contributed by atoms with Gasteiger partial charge in [0.2, 0.25) is 0 Å². The Kier molecular flexibility index (Phi) is 6.29. The van der Waals surface area contributed by atoms with Crippen molar-refractivity contribution in [3.8, 4) is 0 Å². The van der Waals surface area contributed by atoms with Crippen LogP contribution in [0.4, 0.5) is 0 Å². The standard InChI is InChI=1S/C13H26N4O/c1-10(2)6-7-13-12(9-14)15-16-17(13)11(3)5-4-8-18/h10-11,18H,4-9,14H2,1-3H3. The molecule has 0 amide bonds. The van der Waals surface area contributed by atoms with Crippen molar-refractivity contribution in [3.05, 3.63) is 11.4 Å². The van der Waals surface area contributed by atoms with Crippen molar-refractivity contribution < 1.29 is 5.11 Å². The van der Waals surface area contributed by atoms with Crippen molar-refractivity contribution in [1.29, 1.82) is 0 Å². The molecular formula is C13H26N4O. The molecule has 0 aliphatic heterocycles. The second-order valence-electron chi connectivity index (χ2n) is 5.28. The van der Waals surface area contributed by atoms with Crippen LogP contribution in [0.1, 0.15) is 57.5 Å². The first-order chi connectivity index (χ1) is 8.60. The van der Waals surface area contributed by atoms with Crippen LogP contribution in [-0.2, 0) is 13.0 Å². The summed E-state index contributed by atoms with van der Waals surface area (Å²) in [6.07, 6.45) is 3.80. The van der Waals surface area contributed by atoms with E-state index in [1.165, 1.54) is 0 Å². The van der Waals surface area contributed by atoms with E-state index >= 15 is 0 Å². The van der Waals surface area contributed by atoms with Gasteiger partial charge in [-0.25, -0.2) is 4.68 Å². The smallest absolute Gasteiger partial charge is 0.0994 e. The minimum Gasteiger partial charge on any atom is -0.396 e. The Hall–Kier alpha value is -0.940. The average molecular weight is 254 g/mol. The average Bonchev–Trinajstić information content (AvgIpc) is 2.76. The molecule has 0 saturated heterocycles. The van der Waals surface area contributed by atoms with Gasteiger partial charge >= 0.3 is 0 Å². The fourth-order valence-electron chi connectivity index (χ4n) is 2.05. The number of hydrogen-bond acceptors (Lipinski definition) is 4. The summed E-state index contributed by atoms with van der Waals surface area (Å²) < 4.78 is 1.99. The highest BCUT2D eigenvalue weighted by Gasteiger charge is 2.16. The van der Waals surface area contributed by atoms with Crippen LogP contribution in [0.3, 0.4) is 0 Å². The molecular weight excluding hydrogens is 228 g/mol. The fraction of sp³-hybridized carbons (Fsp3) is 0.846. The van der Waals surface area contributed by atoms with E-state index in [9.17, 15) is 0 Å². The zero-order chi connectivity index (χ0) is 13.5. The molecule has 18 heavy (non-hydrogen) atoms. The Morgan fingerprint density at radius 2 is 2.00 bits per heavy atom. The van der Waals surface area contributed by atoms with Crippen LogP contribution in [0, 0.1) is 5.92 Å². The van der Waals surface area contributed by atoms with Crippen LogP contribution in [0.2, 0.25) is 0 Å². The van der Waals surface area contributed by atoms with Gasteiger partial charge in [0.25, 0.3) is 0 Å². The maximum Gasteiger partial charge on any atom is 0.0994 e. The largest absolute Gasteiger partial charge is 0.396 e. The van der Waals surface area contributed by atoms with Gasteiger partial charge in [0, 0.05) is 13.2 Å². The first-order valence-corrected chi connectivity index (χ1v) is 6.84. The van der Waals surface area contributed by atoms with E-state index in [1.54, 1.807) is 0 Å². The molecule has 1 heterocycles. The molecule has 5 nitrogen and oxygen atoms in total. The highest BCUT2D eigenvalue weighted by molar-refractivity contribution is 5.11. The molecule has 0 bridgehead atoms. The molecule has 0 aliphatic rings. The number of hydrogen-bond donors (Lipinski definition) is 2. The second kappa shape index (κ2) is 7.48. The van der Waals surface area contributed by atoms with Crippen molar-refractivity contribution in [2.24, 2.45) is 11.7 Å². The van der Waals surface area contributed by atoms with Gasteiger partial charge in [-0.1, -0.05) is 19.1 Å². The van der Waals surface area contributed by atoms with E-state index in [1.807, 2.05) is 4.68 Å². The Balaban J connectivity index is 2.79. The third-order valence-electron chi connectivity index (χ3n) is 3.22. The van der Waals surface area contributed by atoms with Crippen LogP contribution in [-0.4, -0.2) is 26.7 Å². The van der Waals surface area contributed by atoms with Gasteiger partial charge < -0.3 is 10.8 Å². The van der Waals surface area contributed by atoms with Gasteiger partial charge in [-0.3, -0.25) is 0 Å². The zero-order valence-electron chi connectivity index (χ0n) is 11.8. The molecule has 1 aromatic rings. The Bertz CT molecular complexity index is 349. The molecule has 0 aromatic carbocycles. The summed E-state index contributed by atoms with van der Waals surface area (Å²) in [6.45, 7) is 7.21. The fourth-order valence-corrected chi connectivity index (χ4v) is 2.05. The van der Waals surface area contributed by atoms with Gasteiger partial charge in [-0.05, 0) is 38.5 Å². The van der Waals surface area contributed by atoms with Gasteiger partial charge in [0.05, 0.1) is 17.4 Å². The highest BCUT2D eigenvalue weighted by atomic mass is 16.2. The summed E-state index contributed by atoms with van der Waals surface area (Å²) in [5.74, 6) is 0.659. The lowest BCUT2D eigenvalue weighted by Crippen LogP contribution is -2.13. The molecule has 0 radical (unpaired) electrons. The minimum atomic E-state index is 0.226. The molecule has 1 rings (SSSR count). The Morgan fingerprint density at radius 3 is 2.56 bits per heavy atom. The van der Waals surface area contributed by atoms with Crippen molar-refractivity contribution >= 4 is 0 Å². The first kappa shape index (κ1) is 15.1. The summed E-state index contributed by atoms with van der Waals surface area (Å²) in [4.78, 5) is 0. The molecule has 3 N–H and O–H groups in total. The molecule has 104 valence electrons. The third kappa shape index (κ3) is 4.07. The van der Waals surface area contributed by atoms with E-state index in [4.69, 9.17) is 10.8 Å². The molecule has 0 spiro atoms. The monoisotopic (exact) mass is 254 g/mol. The number of aliphatic hydroxyl groups is 1. The number of aromatic nitrogens is 3. The van der Waals surface area contributed by atoms with Crippen LogP contribution in [0.15, 0.2) is 0 Å². The topological polar surface area (TPSA) is 77.0 Å². The molecule has 1 unspecified atom stereocenters. The third-order valence-corrected chi connectivity index (χ3v) is 3.22. The minimum absolute atomic E-state index is 0.226. The van der Waals surface area contributed by atoms with Gasteiger partial charge in [-0.2, -0.15) is 0 Å². The van der Waals surface area contributed by atoms with E-state index in [0.717, 1.165) is 37.1 Å². The first-order valence-electron chi connectivity index (χ1n) is 6.84. The predicted octanol–water partition coefficient (Wildman–Crippen LogP) is 1.66. The van der Waals surface area contributed by atoms with Crippen molar-refractivity contribution in [2.75, 3.05) is 6.61 Å². The molecule has 5 heteroatoms. The summed E-state index contributed by atoms with van der Waals surface area (Å²) in [6, 6.07) is 0.270. The molecule has 0 saturated carbocycles. The van der Waals surface area contributed by atoms with Gasteiger partial charge in [-0.15, -0.1) is 5.10 Å². The molecule has 0 fully saturated rings. The predicted molar refractivity (Wildman–Crippen MR) is 72.1 cm³/mol. The van der Waals surface area contributed by atoms with Crippen LogP contribution < -0.4 is 5.73 Å². The Morgan fingerprint density at radius 1 is 1.28 bits per heavy atom. The lowest BCUT2D eigenvalue weighted by molar-refractivity contribution is 0.269. The van der Waals surface area contributed by atoms with Crippen molar-refractivity contribution in [3.63, 3.8) is 0 Å². The summed E-state index contributed by atoms with van der Waals surface area (Å²) in [5.41, 5.74) is 7.79. The summed E-state index contributed by atoms with van der Waals surface area (Å²) >= 11 is 0. The van der Waals surface area contributed by atoms with Crippen LogP contribution in [0.25, 0.3) is 0 Å². The Labute approximate surface area is 109 Å². The quantitative estimate of drug-likeness (QED) is 0.739. The van der Waals surface area contributed by atoms with Gasteiger partial charge in [0.1, 0.15) is 0 Å². The van der Waals surface area contributed by atoms with E-state index < -0.39 is 0 Å². The maximum atomic E-state index is 8.89. The summed E-state index contributed by atoms with van der Waals surface area (Å²) in [5, 5.41) is 17.3. The highest BCUT2D eigenvalue weighted by Crippen LogP contribution is 2.19. The van der Waals surface area contributed by atoms with E-state index in [2.05, 4.69) is 31.1 Å². The molecule has 1 aromatic heterocycles. The van der Waals surface area contributed by atoms with Crippen LogP contribution >= 0.6 is 0 Å². The lowest BCUT2D eigenvalue weighted by Gasteiger charge is -2.15. The van der Waals surface area contributed by atoms with E-state index in [-0.39, 0.29) is 12.6 Å². The van der Waals surface area contributed by atoms with Crippen molar-refractivity contribution in [1.82, 2.24) is 15.0 Å². The number of nitrogens with zero attached hydrogens (tertiary/aromatic N) is 3.